The summed E-state index contributed by atoms with van der Waals surface area (Å²) in [4.78, 5) is 13.7. The number of carbonyl (C=O) groups is 1. The van der Waals surface area contributed by atoms with Gasteiger partial charge in [-0.15, -0.1) is 11.3 Å². The third kappa shape index (κ3) is 3.74. The monoisotopic (exact) mass is 369 g/mol. The summed E-state index contributed by atoms with van der Waals surface area (Å²) in [6.45, 7) is 6.91. The van der Waals surface area contributed by atoms with Gasteiger partial charge in [-0.3, -0.25) is 4.79 Å². The minimum Gasteiger partial charge on any atom is -0.496 e. The van der Waals surface area contributed by atoms with Gasteiger partial charge >= 0.3 is 0 Å². The van der Waals surface area contributed by atoms with Crippen molar-refractivity contribution in [3.05, 3.63) is 45.3 Å². The Balaban J connectivity index is 1.78. The van der Waals surface area contributed by atoms with Crippen LogP contribution in [0, 0.1) is 18.3 Å². The van der Waals surface area contributed by atoms with Gasteiger partial charge in [0.15, 0.2) is 0 Å². The molecular weight excluding hydrogens is 346 g/mol. The molecule has 3 rings (SSSR count). The number of hydrogen-bond acceptors (Lipinski definition) is 5. The molecule has 6 heteroatoms. The highest BCUT2D eigenvalue weighted by Gasteiger charge is 2.30. The molecular formula is C20H23N3O2S. The predicted octanol–water partition coefficient (Wildman–Crippen LogP) is 3.54. The van der Waals surface area contributed by atoms with Gasteiger partial charge in [0.25, 0.3) is 0 Å². The fourth-order valence-electron chi connectivity index (χ4n) is 3.17. The highest BCUT2D eigenvalue weighted by Crippen LogP contribution is 2.37. The Morgan fingerprint density at radius 3 is 2.92 bits per heavy atom. The van der Waals surface area contributed by atoms with Crippen molar-refractivity contribution < 1.29 is 9.53 Å². The van der Waals surface area contributed by atoms with Crippen LogP contribution in [0.2, 0.25) is 0 Å². The molecule has 0 unspecified atom stereocenters. The molecule has 2 N–H and O–H groups in total. The number of rotatable bonds is 4. The van der Waals surface area contributed by atoms with Gasteiger partial charge in [0.1, 0.15) is 16.8 Å². The maximum atomic E-state index is 12.5. The lowest BCUT2D eigenvalue weighted by Crippen LogP contribution is -2.44. The first-order chi connectivity index (χ1) is 12.3. The normalized spacial score (nSPS) is 15.0. The molecule has 0 bridgehead atoms. The Morgan fingerprint density at radius 1 is 1.46 bits per heavy atom. The molecule has 0 spiro atoms. The summed E-state index contributed by atoms with van der Waals surface area (Å²) in [6.07, 6.45) is 1.10. The van der Waals surface area contributed by atoms with Crippen molar-refractivity contribution >= 4 is 22.2 Å². The van der Waals surface area contributed by atoms with Crippen molar-refractivity contribution in [1.29, 1.82) is 5.26 Å². The van der Waals surface area contributed by atoms with Gasteiger partial charge in [-0.05, 0) is 49.9 Å². The zero-order valence-corrected chi connectivity index (χ0v) is 16.3. The van der Waals surface area contributed by atoms with Crippen LogP contribution in [0.4, 0.5) is 5.00 Å². The average Bonchev–Trinajstić information content (AvgIpc) is 2.91. The molecule has 1 aliphatic rings. The molecule has 0 fully saturated rings. The number of amides is 1. The maximum absolute atomic E-state index is 12.5. The van der Waals surface area contributed by atoms with Gasteiger partial charge in [-0.2, -0.15) is 5.26 Å². The average molecular weight is 369 g/mol. The van der Waals surface area contributed by atoms with Crippen LogP contribution in [0.3, 0.4) is 0 Å². The van der Waals surface area contributed by atoms with Gasteiger partial charge in [0.05, 0.1) is 19.1 Å². The van der Waals surface area contributed by atoms with Crippen molar-refractivity contribution in [1.82, 2.24) is 5.32 Å². The fraction of sp³-hybridized carbons (Fsp3) is 0.400. The van der Waals surface area contributed by atoms with E-state index < -0.39 is 0 Å². The summed E-state index contributed by atoms with van der Waals surface area (Å²) < 4.78 is 5.32. The van der Waals surface area contributed by atoms with Crippen LogP contribution in [-0.4, -0.2) is 18.6 Å². The Hall–Kier alpha value is -2.36. The van der Waals surface area contributed by atoms with Gasteiger partial charge < -0.3 is 15.4 Å². The van der Waals surface area contributed by atoms with E-state index in [9.17, 15) is 10.1 Å². The Bertz CT molecular complexity index is 893. The van der Waals surface area contributed by atoms with Gasteiger partial charge in [0.2, 0.25) is 5.91 Å². The number of fused-ring (bicyclic) bond motifs is 1. The van der Waals surface area contributed by atoms with E-state index in [1.807, 2.05) is 25.1 Å². The van der Waals surface area contributed by atoms with Gasteiger partial charge in [0, 0.05) is 17.0 Å². The topological polar surface area (TPSA) is 74.1 Å². The number of methoxy groups -OCH3 is 1. The third-order valence-corrected chi connectivity index (χ3v) is 5.79. The molecule has 2 aromatic rings. The number of nitrogens with zero attached hydrogens (tertiary/aromatic N) is 1. The minimum absolute atomic E-state index is 0.00428. The second-order valence-corrected chi connectivity index (χ2v) is 8.37. The van der Waals surface area contributed by atoms with Crippen LogP contribution in [-0.2, 0) is 24.2 Å². The van der Waals surface area contributed by atoms with Gasteiger partial charge in [-0.25, -0.2) is 0 Å². The lowest BCUT2D eigenvalue weighted by atomic mass is 9.92. The standard InChI is InChI=1S/C20H23N3O2S/c1-12-5-6-13(7-16(12)25-4)8-18(24)23-19-14(10-21)15-11-22-20(2,3)9-17(15)26-19/h5-7,22H,8-9,11H2,1-4H3,(H,23,24). The van der Waals surface area contributed by atoms with Crippen molar-refractivity contribution in [2.45, 2.75) is 45.7 Å². The molecule has 136 valence electrons. The summed E-state index contributed by atoms with van der Waals surface area (Å²) in [7, 11) is 1.62. The number of aryl methyl sites for hydroxylation is 1. The summed E-state index contributed by atoms with van der Waals surface area (Å²) in [6, 6.07) is 8.01. The first-order valence-electron chi connectivity index (χ1n) is 8.56. The van der Waals surface area contributed by atoms with E-state index in [0.29, 0.717) is 17.1 Å². The molecule has 0 radical (unpaired) electrons. The first-order valence-corrected chi connectivity index (χ1v) is 9.37. The summed E-state index contributed by atoms with van der Waals surface area (Å²) >= 11 is 1.52. The molecule has 1 aromatic heterocycles. The fourth-order valence-corrected chi connectivity index (χ4v) is 4.58. The van der Waals surface area contributed by atoms with Crippen molar-refractivity contribution in [3.8, 4) is 11.8 Å². The molecule has 0 aliphatic carbocycles. The Labute approximate surface area is 158 Å². The molecule has 1 amide bonds. The summed E-state index contributed by atoms with van der Waals surface area (Å²) in [5.74, 6) is 0.645. The predicted molar refractivity (Wildman–Crippen MR) is 104 cm³/mol. The second-order valence-electron chi connectivity index (χ2n) is 7.26. The number of ether oxygens (including phenoxy) is 1. The zero-order valence-electron chi connectivity index (χ0n) is 15.5. The first kappa shape index (κ1) is 18.4. The highest BCUT2D eigenvalue weighted by atomic mass is 32.1. The molecule has 0 atom stereocenters. The van der Waals surface area contributed by atoms with E-state index in [0.717, 1.165) is 28.9 Å². The quantitative estimate of drug-likeness (QED) is 0.864. The van der Waals surface area contributed by atoms with Crippen molar-refractivity contribution in [2.24, 2.45) is 0 Å². The largest absolute Gasteiger partial charge is 0.496 e. The molecule has 5 nitrogen and oxygen atoms in total. The van der Waals surface area contributed by atoms with Crippen LogP contribution in [0.5, 0.6) is 5.75 Å². The summed E-state index contributed by atoms with van der Waals surface area (Å²) in [5.41, 5.74) is 3.52. The number of carbonyl (C=O) groups excluding carboxylic acids is 1. The Morgan fingerprint density at radius 2 is 2.23 bits per heavy atom. The summed E-state index contributed by atoms with van der Waals surface area (Å²) in [5, 5.41) is 16.6. The number of hydrogen-bond donors (Lipinski definition) is 2. The van der Waals surface area contributed by atoms with Crippen LogP contribution in [0.25, 0.3) is 0 Å². The molecule has 1 aliphatic heterocycles. The van der Waals surface area contributed by atoms with E-state index in [2.05, 4.69) is 30.6 Å². The number of benzene rings is 1. The number of nitrogens with one attached hydrogen (secondary N) is 2. The van der Waals surface area contributed by atoms with E-state index in [-0.39, 0.29) is 17.9 Å². The Kier molecular flexibility index (Phi) is 5.03. The van der Waals surface area contributed by atoms with E-state index in [1.54, 1.807) is 7.11 Å². The molecule has 2 heterocycles. The zero-order chi connectivity index (χ0) is 18.9. The lowest BCUT2D eigenvalue weighted by molar-refractivity contribution is -0.115. The van der Waals surface area contributed by atoms with Crippen LogP contribution < -0.4 is 15.4 Å². The van der Waals surface area contributed by atoms with E-state index >= 15 is 0 Å². The van der Waals surface area contributed by atoms with Crippen molar-refractivity contribution in [2.75, 3.05) is 12.4 Å². The SMILES string of the molecule is COc1cc(CC(=O)Nc2sc3c(c2C#N)CNC(C)(C)C3)ccc1C. The molecule has 0 saturated heterocycles. The lowest BCUT2D eigenvalue weighted by Gasteiger charge is -2.30. The second kappa shape index (κ2) is 7.10. The van der Waals surface area contributed by atoms with E-state index in [1.165, 1.54) is 16.2 Å². The highest BCUT2D eigenvalue weighted by molar-refractivity contribution is 7.16. The molecule has 26 heavy (non-hydrogen) atoms. The minimum atomic E-state index is -0.127. The number of anilines is 1. The third-order valence-electron chi connectivity index (χ3n) is 4.64. The number of thiophene rings is 1. The maximum Gasteiger partial charge on any atom is 0.229 e. The smallest absolute Gasteiger partial charge is 0.229 e. The molecule has 0 saturated carbocycles. The van der Waals surface area contributed by atoms with Crippen molar-refractivity contribution in [3.63, 3.8) is 0 Å². The molecule has 1 aromatic carbocycles. The van der Waals surface area contributed by atoms with E-state index in [4.69, 9.17) is 4.74 Å². The van der Waals surface area contributed by atoms with Crippen LogP contribution in [0.1, 0.15) is 41.0 Å². The number of nitriles is 1. The van der Waals surface area contributed by atoms with Crippen LogP contribution >= 0.6 is 11.3 Å². The van der Waals surface area contributed by atoms with Gasteiger partial charge in [-0.1, -0.05) is 12.1 Å². The van der Waals surface area contributed by atoms with Crippen LogP contribution in [0.15, 0.2) is 18.2 Å².